The number of piperidine rings is 1. The van der Waals surface area contributed by atoms with Crippen molar-refractivity contribution in [1.82, 2.24) is 4.90 Å². The van der Waals surface area contributed by atoms with Crippen molar-refractivity contribution in [2.24, 2.45) is 5.92 Å². The fourth-order valence-corrected chi connectivity index (χ4v) is 2.53. The highest BCUT2D eigenvalue weighted by molar-refractivity contribution is 5.76. The Kier molecular flexibility index (Phi) is 6.51. The zero-order chi connectivity index (χ0) is 11.8. The molecule has 0 aromatic heterocycles. The van der Waals surface area contributed by atoms with Crippen LogP contribution in [-0.2, 0) is 4.79 Å². The molecular weight excluding hydrogens is 198 g/mol. The lowest BCUT2D eigenvalue weighted by molar-refractivity contribution is -0.132. The zero-order valence-electron chi connectivity index (χ0n) is 11.0. The largest absolute Gasteiger partial charge is 0.343 e. The van der Waals surface area contributed by atoms with Gasteiger partial charge in [0.2, 0.25) is 5.91 Å². The molecule has 94 valence electrons. The second-order valence-electron chi connectivity index (χ2n) is 5.07. The van der Waals surface area contributed by atoms with Gasteiger partial charge in [-0.2, -0.15) is 0 Å². The van der Waals surface area contributed by atoms with Crippen LogP contribution in [0.15, 0.2) is 0 Å². The van der Waals surface area contributed by atoms with Gasteiger partial charge in [-0.3, -0.25) is 4.79 Å². The molecule has 1 amide bonds. The Morgan fingerprint density at radius 1 is 1.12 bits per heavy atom. The van der Waals surface area contributed by atoms with Gasteiger partial charge in [0.15, 0.2) is 0 Å². The molecule has 0 aromatic rings. The van der Waals surface area contributed by atoms with Crippen molar-refractivity contribution in [2.75, 3.05) is 13.1 Å². The molecule has 0 unspecified atom stereocenters. The summed E-state index contributed by atoms with van der Waals surface area (Å²) in [6.45, 7) is 6.35. The van der Waals surface area contributed by atoms with Gasteiger partial charge in [-0.25, -0.2) is 0 Å². The van der Waals surface area contributed by atoms with Crippen molar-refractivity contribution in [3.8, 4) is 0 Å². The van der Waals surface area contributed by atoms with Crippen molar-refractivity contribution < 1.29 is 4.79 Å². The number of nitrogens with zero attached hydrogens (tertiary/aromatic N) is 1. The van der Waals surface area contributed by atoms with Gasteiger partial charge < -0.3 is 4.90 Å². The van der Waals surface area contributed by atoms with Crippen molar-refractivity contribution >= 4 is 5.91 Å². The highest BCUT2D eigenvalue weighted by atomic mass is 16.2. The standard InChI is InChI=1S/C14H27NO/c1-3-5-6-8-13-9-11-15(12-10-13)14(16)7-4-2/h13H,3-12H2,1-2H3. The maximum Gasteiger partial charge on any atom is 0.222 e. The quantitative estimate of drug-likeness (QED) is 0.632. The molecule has 0 bridgehead atoms. The molecule has 1 saturated heterocycles. The van der Waals surface area contributed by atoms with Gasteiger partial charge in [-0.05, 0) is 25.2 Å². The van der Waals surface area contributed by atoms with E-state index in [0.29, 0.717) is 5.91 Å². The molecule has 0 radical (unpaired) electrons. The van der Waals surface area contributed by atoms with E-state index in [0.717, 1.165) is 31.8 Å². The Balaban J connectivity index is 2.15. The van der Waals surface area contributed by atoms with Gasteiger partial charge >= 0.3 is 0 Å². The van der Waals surface area contributed by atoms with Crippen molar-refractivity contribution in [1.29, 1.82) is 0 Å². The van der Waals surface area contributed by atoms with E-state index in [2.05, 4.69) is 18.7 Å². The summed E-state index contributed by atoms with van der Waals surface area (Å²) in [5.41, 5.74) is 0. The smallest absolute Gasteiger partial charge is 0.222 e. The fraction of sp³-hybridized carbons (Fsp3) is 0.929. The Bertz CT molecular complexity index is 195. The Morgan fingerprint density at radius 2 is 1.81 bits per heavy atom. The Hall–Kier alpha value is -0.530. The molecule has 16 heavy (non-hydrogen) atoms. The minimum atomic E-state index is 0.370. The second kappa shape index (κ2) is 7.70. The number of unbranched alkanes of at least 4 members (excludes halogenated alkanes) is 2. The van der Waals surface area contributed by atoms with E-state index in [-0.39, 0.29) is 0 Å². The minimum Gasteiger partial charge on any atom is -0.343 e. The first-order chi connectivity index (χ1) is 7.77. The van der Waals surface area contributed by atoms with E-state index >= 15 is 0 Å². The van der Waals surface area contributed by atoms with Crippen LogP contribution in [0.2, 0.25) is 0 Å². The lowest BCUT2D eigenvalue weighted by atomic mass is 9.91. The van der Waals surface area contributed by atoms with Gasteiger partial charge in [0, 0.05) is 19.5 Å². The summed E-state index contributed by atoms with van der Waals surface area (Å²) < 4.78 is 0. The first-order valence-corrected chi connectivity index (χ1v) is 7.05. The molecule has 0 N–H and O–H groups in total. The summed E-state index contributed by atoms with van der Waals surface area (Å²) in [5.74, 6) is 1.26. The Labute approximate surface area is 100 Å². The predicted molar refractivity (Wildman–Crippen MR) is 68.4 cm³/mol. The average Bonchev–Trinajstić information content (AvgIpc) is 2.30. The van der Waals surface area contributed by atoms with Crippen molar-refractivity contribution in [3.63, 3.8) is 0 Å². The number of carbonyl (C=O) groups is 1. The van der Waals surface area contributed by atoms with E-state index < -0.39 is 0 Å². The summed E-state index contributed by atoms with van der Waals surface area (Å²) in [5, 5.41) is 0. The van der Waals surface area contributed by atoms with Gasteiger partial charge in [0.25, 0.3) is 0 Å². The molecule has 2 nitrogen and oxygen atoms in total. The summed E-state index contributed by atoms with van der Waals surface area (Å²) in [6, 6.07) is 0. The van der Waals surface area contributed by atoms with Crippen LogP contribution in [0.1, 0.15) is 65.2 Å². The van der Waals surface area contributed by atoms with Crippen LogP contribution in [-0.4, -0.2) is 23.9 Å². The second-order valence-corrected chi connectivity index (χ2v) is 5.07. The molecule has 1 fully saturated rings. The monoisotopic (exact) mass is 225 g/mol. The first-order valence-electron chi connectivity index (χ1n) is 7.05. The summed E-state index contributed by atoms with van der Waals surface area (Å²) >= 11 is 0. The molecule has 0 saturated carbocycles. The number of rotatable bonds is 6. The van der Waals surface area contributed by atoms with Gasteiger partial charge in [-0.1, -0.05) is 39.5 Å². The molecule has 1 aliphatic rings. The molecule has 0 aliphatic carbocycles. The molecule has 2 heteroatoms. The topological polar surface area (TPSA) is 20.3 Å². The summed E-state index contributed by atoms with van der Waals surface area (Å²) in [4.78, 5) is 13.8. The van der Waals surface area contributed by atoms with E-state index in [1.165, 1.54) is 38.5 Å². The number of amides is 1. The maximum absolute atomic E-state index is 11.7. The lowest BCUT2D eigenvalue weighted by Crippen LogP contribution is -2.38. The minimum absolute atomic E-state index is 0.370. The van der Waals surface area contributed by atoms with Crippen molar-refractivity contribution in [2.45, 2.75) is 65.2 Å². The average molecular weight is 225 g/mol. The number of hydrogen-bond acceptors (Lipinski definition) is 1. The van der Waals surface area contributed by atoms with Gasteiger partial charge in [-0.15, -0.1) is 0 Å². The summed E-state index contributed by atoms with van der Waals surface area (Å²) in [6.07, 6.45) is 9.63. The molecule has 1 heterocycles. The van der Waals surface area contributed by atoms with E-state index in [9.17, 15) is 4.79 Å². The van der Waals surface area contributed by atoms with Crippen LogP contribution >= 0.6 is 0 Å². The van der Waals surface area contributed by atoms with Gasteiger partial charge in [0.05, 0.1) is 0 Å². The third-order valence-corrected chi connectivity index (χ3v) is 3.65. The molecular formula is C14H27NO. The number of carbonyl (C=O) groups excluding carboxylic acids is 1. The van der Waals surface area contributed by atoms with E-state index in [1.54, 1.807) is 0 Å². The molecule has 1 rings (SSSR count). The third-order valence-electron chi connectivity index (χ3n) is 3.65. The lowest BCUT2D eigenvalue weighted by Gasteiger charge is -2.32. The zero-order valence-corrected chi connectivity index (χ0v) is 11.0. The van der Waals surface area contributed by atoms with Crippen LogP contribution in [0.25, 0.3) is 0 Å². The fourth-order valence-electron chi connectivity index (χ4n) is 2.53. The van der Waals surface area contributed by atoms with Crippen LogP contribution in [0, 0.1) is 5.92 Å². The number of likely N-dealkylation sites (tertiary alicyclic amines) is 1. The molecule has 0 atom stereocenters. The first kappa shape index (κ1) is 13.5. The van der Waals surface area contributed by atoms with Crippen LogP contribution in [0.5, 0.6) is 0 Å². The molecule has 0 spiro atoms. The van der Waals surface area contributed by atoms with E-state index in [4.69, 9.17) is 0 Å². The normalized spacial score (nSPS) is 17.8. The van der Waals surface area contributed by atoms with Crippen LogP contribution < -0.4 is 0 Å². The highest BCUT2D eigenvalue weighted by Crippen LogP contribution is 2.23. The molecule has 1 aliphatic heterocycles. The highest BCUT2D eigenvalue weighted by Gasteiger charge is 2.21. The van der Waals surface area contributed by atoms with E-state index in [1.807, 2.05) is 0 Å². The molecule has 0 aromatic carbocycles. The van der Waals surface area contributed by atoms with Crippen LogP contribution in [0.4, 0.5) is 0 Å². The van der Waals surface area contributed by atoms with Gasteiger partial charge in [0.1, 0.15) is 0 Å². The number of hydrogen-bond donors (Lipinski definition) is 0. The predicted octanol–water partition coefficient (Wildman–Crippen LogP) is 3.61. The SMILES string of the molecule is CCCCCC1CCN(C(=O)CCC)CC1. The third kappa shape index (κ3) is 4.54. The van der Waals surface area contributed by atoms with Crippen LogP contribution in [0.3, 0.4) is 0 Å². The van der Waals surface area contributed by atoms with Crippen molar-refractivity contribution in [3.05, 3.63) is 0 Å². The maximum atomic E-state index is 11.7. The Morgan fingerprint density at radius 3 is 2.38 bits per heavy atom. The summed E-state index contributed by atoms with van der Waals surface area (Å²) in [7, 11) is 0.